The molecule has 0 radical (unpaired) electrons. The fourth-order valence-electron chi connectivity index (χ4n) is 2.10. The maximum atomic E-state index is 5.97. The van der Waals surface area contributed by atoms with Crippen molar-refractivity contribution in [1.29, 1.82) is 0 Å². The number of rotatable bonds is 5. The first-order valence-corrected chi connectivity index (χ1v) is 6.36. The number of fused-ring (bicyclic) bond motifs is 1. The quantitative estimate of drug-likeness (QED) is 0.882. The van der Waals surface area contributed by atoms with E-state index in [0.29, 0.717) is 17.7 Å². The third-order valence-electron chi connectivity index (χ3n) is 3.40. The molecule has 0 spiro atoms. The zero-order valence-electron chi connectivity index (χ0n) is 11.2. The minimum atomic E-state index is 0.526. The van der Waals surface area contributed by atoms with E-state index in [-0.39, 0.29) is 0 Å². The largest absolute Gasteiger partial charge is 0.481 e. The average molecular weight is 248 g/mol. The van der Waals surface area contributed by atoms with Crippen molar-refractivity contribution in [2.45, 2.75) is 33.2 Å². The van der Waals surface area contributed by atoms with Crippen LogP contribution in [0.4, 0.5) is 5.95 Å². The van der Waals surface area contributed by atoms with E-state index >= 15 is 0 Å². The second-order valence-electron chi connectivity index (χ2n) is 4.46. The van der Waals surface area contributed by atoms with Crippen LogP contribution in [0.1, 0.15) is 26.7 Å². The number of hydrogen-bond donors (Lipinski definition) is 1. The van der Waals surface area contributed by atoms with Crippen molar-refractivity contribution in [2.24, 2.45) is 5.92 Å². The summed E-state index contributed by atoms with van der Waals surface area (Å²) in [6.45, 7) is 5.24. The molecule has 2 aromatic rings. The molecule has 0 aliphatic carbocycles. The van der Waals surface area contributed by atoms with Crippen molar-refractivity contribution in [3.8, 4) is 5.88 Å². The Balaban J connectivity index is 2.44. The molecule has 0 amide bonds. The van der Waals surface area contributed by atoms with Gasteiger partial charge in [0.05, 0.1) is 7.11 Å². The predicted molar refractivity (Wildman–Crippen MR) is 72.6 cm³/mol. The molecule has 0 saturated heterocycles. The smallest absolute Gasteiger partial charge is 0.215 e. The van der Waals surface area contributed by atoms with Crippen molar-refractivity contribution in [3.05, 3.63) is 12.1 Å². The van der Waals surface area contributed by atoms with Gasteiger partial charge < -0.3 is 10.5 Å². The Hall–Kier alpha value is -1.78. The first kappa shape index (κ1) is 12.7. The number of imidazole rings is 1. The van der Waals surface area contributed by atoms with Gasteiger partial charge in [0, 0.05) is 12.6 Å². The van der Waals surface area contributed by atoms with Gasteiger partial charge in [-0.25, -0.2) is 4.98 Å². The second-order valence-corrected chi connectivity index (χ2v) is 4.46. The Kier molecular flexibility index (Phi) is 3.69. The van der Waals surface area contributed by atoms with Crippen molar-refractivity contribution in [1.82, 2.24) is 14.5 Å². The van der Waals surface area contributed by atoms with Crippen LogP contribution >= 0.6 is 0 Å². The number of ether oxygens (including phenoxy) is 1. The SMILES string of the molecule is CCC(CC)Cn1c(N)nc2ccc(OC)nc21. The summed E-state index contributed by atoms with van der Waals surface area (Å²) in [6, 6.07) is 3.69. The standard InChI is InChI=1S/C13H20N4O/c1-4-9(5-2)8-17-12-10(15-13(17)14)6-7-11(16-12)18-3/h6-7,9H,4-5,8H2,1-3H3,(H2,14,15). The molecule has 0 bridgehead atoms. The summed E-state index contributed by atoms with van der Waals surface area (Å²) in [6.07, 6.45) is 2.25. The molecule has 2 N–H and O–H groups in total. The number of nitrogens with two attached hydrogens (primary N) is 1. The molecule has 5 heteroatoms. The molecule has 0 aliphatic rings. The highest BCUT2D eigenvalue weighted by Crippen LogP contribution is 2.22. The van der Waals surface area contributed by atoms with Gasteiger partial charge in [-0.1, -0.05) is 26.7 Å². The Morgan fingerprint density at radius 1 is 1.28 bits per heavy atom. The van der Waals surface area contributed by atoms with Crippen molar-refractivity contribution >= 4 is 17.1 Å². The van der Waals surface area contributed by atoms with Gasteiger partial charge in [0.2, 0.25) is 11.8 Å². The Bertz CT molecular complexity index is 531. The highest BCUT2D eigenvalue weighted by Gasteiger charge is 2.13. The lowest BCUT2D eigenvalue weighted by Gasteiger charge is -2.14. The van der Waals surface area contributed by atoms with Gasteiger partial charge in [0.25, 0.3) is 0 Å². The third kappa shape index (κ3) is 2.25. The fourth-order valence-corrected chi connectivity index (χ4v) is 2.10. The normalized spacial score (nSPS) is 11.3. The van der Waals surface area contributed by atoms with E-state index in [2.05, 4.69) is 23.8 Å². The summed E-state index contributed by atoms with van der Waals surface area (Å²) >= 11 is 0. The van der Waals surface area contributed by atoms with E-state index in [4.69, 9.17) is 10.5 Å². The maximum Gasteiger partial charge on any atom is 0.215 e. The summed E-state index contributed by atoms with van der Waals surface area (Å²) in [4.78, 5) is 8.77. The Labute approximate surface area is 107 Å². The first-order valence-electron chi connectivity index (χ1n) is 6.36. The van der Waals surface area contributed by atoms with E-state index in [0.717, 1.165) is 30.6 Å². The van der Waals surface area contributed by atoms with E-state index in [1.165, 1.54) is 0 Å². The average Bonchev–Trinajstić information content (AvgIpc) is 2.70. The first-order chi connectivity index (χ1) is 8.69. The number of nitrogen functional groups attached to an aromatic ring is 1. The van der Waals surface area contributed by atoms with Gasteiger partial charge >= 0.3 is 0 Å². The number of methoxy groups -OCH3 is 1. The van der Waals surface area contributed by atoms with Crippen molar-refractivity contribution in [2.75, 3.05) is 12.8 Å². The zero-order valence-corrected chi connectivity index (χ0v) is 11.2. The molecule has 2 aromatic heterocycles. The summed E-state index contributed by atoms with van der Waals surface area (Å²) in [5.41, 5.74) is 7.60. The lowest BCUT2D eigenvalue weighted by Crippen LogP contribution is -2.12. The molecular formula is C13H20N4O. The maximum absolute atomic E-state index is 5.97. The van der Waals surface area contributed by atoms with Crippen LogP contribution < -0.4 is 10.5 Å². The van der Waals surface area contributed by atoms with Crippen LogP contribution in [0.25, 0.3) is 11.2 Å². The molecule has 0 saturated carbocycles. The molecule has 2 heterocycles. The zero-order chi connectivity index (χ0) is 13.1. The van der Waals surface area contributed by atoms with E-state index < -0.39 is 0 Å². The van der Waals surface area contributed by atoms with E-state index in [1.807, 2.05) is 10.6 Å². The van der Waals surface area contributed by atoms with Crippen LogP contribution in [-0.2, 0) is 6.54 Å². The topological polar surface area (TPSA) is 66.0 Å². The van der Waals surface area contributed by atoms with Gasteiger partial charge in [-0.05, 0) is 12.0 Å². The van der Waals surface area contributed by atoms with Crippen molar-refractivity contribution < 1.29 is 4.74 Å². The summed E-state index contributed by atoms with van der Waals surface area (Å²) < 4.78 is 7.13. The number of nitrogens with zero attached hydrogens (tertiary/aromatic N) is 3. The number of anilines is 1. The summed E-state index contributed by atoms with van der Waals surface area (Å²) in [7, 11) is 1.61. The van der Waals surface area contributed by atoms with Gasteiger partial charge in [0.15, 0.2) is 5.65 Å². The molecular weight excluding hydrogens is 228 g/mol. The number of hydrogen-bond acceptors (Lipinski definition) is 4. The van der Waals surface area contributed by atoms with E-state index in [1.54, 1.807) is 13.2 Å². The predicted octanol–water partition coefficient (Wildman–Crippen LogP) is 2.46. The Morgan fingerprint density at radius 3 is 2.61 bits per heavy atom. The van der Waals surface area contributed by atoms with Gasteiger partial charge in [-0.15, -0.1) is 0 Å². The molecule has 2 rings (SSSR count). The highest BCUT2D eigenvalue weighted by atomic mass is 16.5. The molecule has 18 heavy (non-hydrogen) atoms. The van der Waals surface area contributed by atoms with Crippen LogP contribution in [0.5, 0.6) is 5.88 Å². The van der Waals surface area contributed by atoms with Gasteiger partial charge in [0.1, 0.15) is 5.52 Å². The Morgan fingerprint density at radius 2 is 2.00 bits per heavy atom. The number of aromatic nitrogens is 3. The minimum Gasteiger partial charge on any atom is -0.481 e. The van der Waals surface area contributed by atoms with Crippen LogP contribution in [-0.4, -0.2) is 21.6 Å². The minimum absolute atomic E-state index is 0.526. The van der Waals surface area contributed by atoms with Crippen LogP contribution in [0.2, 0.25) is 0 Å². The van der Waals surface area contributed by atoms with Crippen LogP contribution in [0.15, 0.2) is 12.1 Å². The summed E-state index contributed by atoms with van der Waals surface area (Å²) in [5.74, 6) is 1.71. The van der Waals surface area contributed by atoms with Crippen LogP contribution in [0, 0.1) is 5.92 Å². The molecule has 0 unspecified atom stereocenters. The monoisotopic (exact) mass is 248 g/mol. The molecule has 0 aliphatic heterocycles. The lowest BCUT2D eigenvalue weighted by atomic mass is 10.0. The third-order valence-corrected chi connectivity index (χ3v) is 3.40. The summed E-state index contributed by atoms with van der Waals surface area (Å²) in [5, 5.41) is 0. The molecule has 0 fully saturated rings. The fraction of sp³-hybridized carbons (Fsp3) is 0.538. The molecule has 0 atom stereocenters. The highest BCUT2D eigenvalue weighted by molar-refractivity contribution is 5.74. The van der Waals surface area contributed by atoms with Crippen molar-refractivity contribution in [3.63, 3.8) is 0 Å². The molecule has 5 nitrogen and oxygen atoms in total. The van der Waals surface area contributed by atoms with Gasteiger partial charge in [-0.3, -0.25) is 4.57 Å². The van der Waals surface area contributed by atoms with Gasteiger partial charge in [-0.2, -0.15) is 4.98 Å². The lowest BCUT2D eigenvalue weighted by molar-refractivity contribution is 0.396. The van der Waals surface area contributed by atoms with Crippen LogP contribution in [0.3, 0.4) is 0 Å². The molecule has 0 aromatic carbocycles. The second kappa shape index (κ2) is 5.25. The molecule has 98 valence electrons. The number of pyridine rings is 1. The van der Waals surface area contributed by atoms with E-state index in [9.17, 15) is 0 Å².